The Morgan fingerprint density at radius 2 is 1.65 bits per heavy atom. The van der Waals surface area contributed by atoms with Gasteiger partial charge in [0.15, 0.2) is 16.6 Å². The van der Waals surface area contributed by atoms with Crippen LogP contribution in [0.5, 0.6) is 17.2 Å². The summed E-state index contributed by atoms with van der Waals surface area (Å²) >= 11 is 0.911. The molecule has 0 aliphatic carbocycles. The van der Waals surface area contributed by atoms with Crippen LogP contribution in [0, 0.1) is 13.8 Å². The number of methoxy groups -OCH3 is 1. The summed E-state index contributed by atoms with van der Waals surface area (Å²) in [4.78, 5) is 46.4. The Hall–Kier alpha value is -6.20. The molecule has 6 rings (SSSR count). The van der Waals surface area contributed by atoms with Crippen molar-refractivity contribution in [1.29, 1.82) is 0 Å². The first-order valence-electron chi connectivity index (χ1n) is 16.4. The summed E-state index contributed by atoms with van der Waals surface area (Å²) in [6.07, 6.45) is 1.44. The summed E-state index contributed by atoms with van der Waals surface area (Å²) in [5, 5.41) is 11.8. The lowest BCUT2D eigenvalue weighted by atomic mass is 9.95. The Balaban J connectivity index is 1.39. The predicted molar refractivity (Wildman–Crippen MR) is 198 cm³/mol. The number of aliphatic hydroxyl groups is 1. The van der Waals surface area contributed by atoms with E-state index >= 15 is 0 Å². The first-order chi connectivity index (χ1) is 25.2. The van der Waals surface area contributed by atoms with Crippen LogP contribution in [-0.2, 0) is 27.5 Å². The molecule has 1 atom stereocenters. The first kappa shape index (κ1) is 35.6. The van der Waals surface area contributed by atoms with Crippen molar-refractivity contribution in [3.8, 4) is 17.2 Å². The molecule has 1 saturated heterocycles. The molecule has 1 aliphatic heterocycles. The molecular formula is C41H36N2O8S. The number of Topliss-reactive ketones (excluding diaryl/α,β-unsaturated/α-hetero) is 1. The Morgan fingerprint density at radius 3 is 2.37 bits per heavy atom. The number of ether oxygens (including phenoxy) is 4. The third-order valence-electron chi connectivity index (χ3n) is 8.48. The van der Waals surface area contributed by atoms with E-state index in [2.05, 4.69) is 11.6 Å². The summed E-state index contributed by atoms with van der Waals surface area (Å²) in [5.74, 6) is -1.54. The molecule has 5 aromatic rings. The van der Waals surface area contributed by atoms with Gasteiger partial charge in [0, 0.05) is 5.56 Å². The number of carbonyl (C=O) groups is 3. The molecule has 0 bridgehead atoms. The highest BCUT2D eigenvalue weighted by Crippen LogP contribution is 2.45. The van der Waals surface area contributed by atoms with Gasteiger partial charge in [0.05, 0.1) is 24.4 Å². The maximum Gasteiger partial charge on any atom is 0.350 e. The molecule has 264 valence electrons. The normalized spacial score (nSPS) is 15.0. The Labute approximate surface area is 305 Å². The number of thiazole rings is 1. The maximum absolute atomic E-state index is 13.9. The molecule has 4 aromatic carbocycles. The molecule has 0 spiro atoms. The van der Waals surface area contributed by atoms with Gasteiger partial charge >= 0.3 is 11.9 Å². The minimum absolute atomic E-state index is 0.00969. The fourth-order valence-electron chi connectivity index (χ4n) is 5.73. The van der Waals surface area contributed by atoms with Gasteiger partial charge in [-0.25, -0.2) is 9.78 Å². The van der Waals surface area contributed by atoms with Crippen LogP contribution >= 0.6 is 11.3 Å². The van der Waals surface area contributed by atoms with Gasteiger partial charge in [0.2, 0.25) is 0 Å². The molecule has 0 saturated carbocycles. The van der Waals surface area contributed by atoms with Crippen LogP contribution in [0.4, 0.5) is 5.13 Å². The van der Waals surface area contributed by atoms with Gasteiger partial charge in [-0.15, -0.1) is 0 Å². The smallest absolute Gasteiger partial charge is 0.350 e. The van der Waals surface area contributed by atoms with E-state index in [-0.39, 0.29) is 28.8 Å². The van der Waals surface area contributed by atoms with Crippen molar-refractivity contribution in [3.05, 3.63) is 154 Å². The van der Waals surface area contributed by atoms with E-state index < -0.39 is 29.5 Å². The number of aromatic nitrogens is 1. The van der Waals surface area contributed by atoms with Gasteiger partial charge in [-0.3, -0.25) is 14.5 Å². The van der Waals surface area contributed by atoms with Gasteiger partial charge in [-0.1, -0.05) is 84.7 Å². The van der Waals surface area contributed by atoms with Gasteiger partial charge in [0.1, 0.15) is 36.2 Å². The van der Waals surface area contributed by atoms with E-state index in [1.807, 2.05) is 61.5 Å². The molecule has 11 heteroatoms. The van der Waals surface area contributed by atoms with Crippen LogP contribution < -0.4 is 19.1 Å². The zero-order valence-corrected chi connectivity index (χ0v) is 29.6. The number of benzene rings is 4. The Kier molecular flexibility index (Phi) is 10.8. The molecule has 52 heavy (non-hydrogen) atoms. The average molecular weight is 717 g/mol. The van der Waals surface area contributed by atoms with E-state index in [1.54, 1.807) is 49.4 Å². The van der Waals surface area contributed by atoms with Gasteiger partial charge in [0.25, 0.3) is 5.78 Å². The van der Waals surface area contributed by atoms with E-state index in [4.69, 9.17) is 18.9 Å². The number of aryl methyl sites for hydroxylation is 2. The summed E-state index contributed by atoms with van der Waals surface area (Å²) in [5.41, 5.74) is 3.98. The Morgan fingerprint density at radius 1 is 0.923 bits per heavy atom. The molecule has 1 fully saturated rings. The fraction of sp³-hybridized carbons (Fsp3) is 0.171. The molecule has 0 radical (unpaired) electrons. The second kappa shape index (κ2) is 15.8. The lowest BCUT2D eigenvalue weighted by molar-refractivity contribution is -0.132. The number of carbonyl (C=O) groups excluding carboxylic acids is 3. The van der Waals surface area contributed by atoms with Crippen LogP contribution in [-0.4, -0.2) is 41.5 Å². The number of esters is 1. The first-order valence-corrected chi connectivity index (χ1v) is 17.2. The number of aliphatic hydroxyl groups excluding tert-OH is 1. The molecule has 1 N–H and O–H groups in total. The van der Waals surface area contributed by atoms with Crippen molar-refractivity contribution in [3.63, 3.8) is 0 Å². The highest BCUT2D eigenvalue weighted by molar-refractivity contribution is 7.17. The molecule has 1 aliphatic rings. The summed E-state index contributed by atoms with van der Waals surface area (Å²) in [7, 11) is 1.49. The molecular weight excluding hydrogens is 681 g/mol. The van der Waals surface area contributed by atoms with Crippen LogP contribution in [0.25, 0.3) is 5.76 Å². The predicted octanol–water partition coefficient (Wildman–Crippen LogP) is 7.90. The van der Waals surface area contributed by atoms with Crippen molar-refractivity contribution in [2.24, 2.45) is 0 Å². The SMILES string of the molecule is C=CCOC(=O)c1sc(N2C(=O)C(=O)C(=C(O)c3ccc(OCc4ccccc4C)cc3)C2c2ccc(OCc3ccccc3)c(OC)c2)nc1C. The van der Waals surface area contributed by atoms with E-state index in [0.29, 0.717) is 40.7 Å². The van der Waals surface area contributed by atoms with Gasteiger partial charge < -0.3 is 24.1 Å². The quantitative estimate of drug-likeness (QED) is 0.0426. The van der Waals surface area contributed by atoms with E-state index in [0.717, 1.165) is 28.0 Å². The van der Waals surface area contributed by atoms with Crippen LogP contribution in [0.3, 0.4) is 0 Å². The fourth-order valence-corrected chi connectivity index (χ4v) is 6.71. The average Bonchev–Trinajstić information content (AvgIpc) is 3.68. The molecule has 1 aromatic heterocycles. The van der Waals surface area contributed by atoms with Crippen molar-refractivity contribution in [2.75, 3.05) is 18.6 Å². The van der Waals surface area contributed by atoms with Crippen molar-refractivity contribution < 1.29 is 38.4 Å². The second-order valence-corrected chi connectivity index (χ2v) is 12.9. The lowest BCUT2D eigenvalue weighted by Crippen LogP contribution is -2.29. The number of rotatable bonds is 13. The van der Waals surface area contributed by atoms with E-state index in [9.17, 15) is 19.5 Å². The zero-order valence-electron chi connectivity index (χ0n) is 28.8. The highest BCUT2D eigenvalue weighted by Gasteiger charge is 2.48. The lowest BCUT2D eigenvalue weighted by Gasteiger charge is -2.24. The monoisotopic (exact) mass is 716 g/mol. The van der Waals surface area contributed by atoms with Gasteiger partial charge in [-0.2, -0.15) is 0 Å². The minimum Gasteiger partial charge on any atom is -0.507 e. The van der Waals surface area contributed by atoms with E-state index in [1.165, 1.54) is 18.1 Å². The standard InChI is InChI=1S/C41H36N2O8S/c1-5-21-49-40(47)38-26(3)42-41(52-38)43-35(29-17-20-32(33(22-29)48-4)51-23-27-12-7-6-8-13-27)34(37(45)39(43)46)36(44)28-15-18-31(19-16-28)50-24-30-14-10-9-11-25(30)2/h5-20,22,35,44H,1,21,23-24H2,2-4H3. The Bertz CT molecular complexity index is 2160. The molecule has 1 unspecified atom stereocenters. The number of amides is 1. The maximum atomic E-state index is 13.9. The summed E-state index contributed by atoms with van der Waals surface area (Å²) < 4.78 is 22.9. The number of nitrogens with zero attached hydrogens (tertiary/aromatic N) is 2. The molecule has 2 heterocycles. The number of hydrogen-bond acceptors (Lipinski definition) is 10. The van der Waals surface area contributed by atoms with Crippen molar-refractivity contribution >= 4 is 39.9 Å². The zero-order chi connectivity index (χ0) is 36.8. The minimum atomic E-state index is -1.14. The van der Waals surface area contributed by atoms with Crippen molar-refractivity contribution in [1.82, 2.24) is 4.98 Å². The highest BCUT2D eigenvalue weighted by atomic mass is 32.1. The number of hydrogen-bond donors (Lipinski definition) is 1. The van der Waals surface area contributed by atoms with Crippen LogP contribution in [0.15, 0.2) is 115 Å². The molecule has 1 amide bonds. The third-order valence-corrected chi connectivity index (χ3v) is 9.61. The second-order valence-electron chi connectivity index (χ2n) is 11.9. The number of anilines is 1. The largest absolute Gasteiger partial charge is 0.507 e. The molecule has 10 nitrogen and oxygen atoms in total. The summed E-state index contributed by atoms with van der Waals surface area (Å²) in [6.45, 7) is 7.82. The van der Waals surface area contributed by atoms with Gasteiger partial charge in [-0.05, 0) is 72.5 Å². The van der Waals surface area contributed by atoms with Crippen molar-refractivity contribution in [2.45, 2.75) is 33.1 Å². The number of ketones is 1. The topological polar surface area (TPSA) is 124 Å². The third kappa shape index (κ3) is 7.45. The van der Waals surface area contributed by atoms with Crippen LogP contribution in [0.1, 0.15) is 49.2 Å². The van der Waals surface area contributed by atoms with Crippen LogP contribution in [0.2, 0.25) is 0 Å². The summed E-state index contributed by atoms with van der Waals surface area (Å²) in [6, 6.07) is 28.0.